The first-order valence-corrected chi connectivity index (χ1v) is 8.05. The molecule has 1 aromatic carbocycles. The molecule has 2 N–H and O–H groups in total. The molecule has 1 aliphatic heterocycles. The zero-order valence-electron chi connectivity index (χ0n) is 14.0. The third kappa shape index (κ3) is 4.83. The minimum Gasteiger partial charge on any atom is -0.380 e. The van der Waals surface area contributed by atoms with Crippen LogP contribution in [0.4, 0.5) is 14.9 Å². The number of halogens is 1. The molecule has 0 spiro atoms. The Balaban J connectivity index is 1.92. The zero-order chi connectivity index (χ0) is 17.5. The summed E-state index contributed by atoms with van der Waals surface area (Å²) in [6.07, 6.45) is 1.66. The van der Waals surface area contributed by atoms with Crippen LogP contribution in [0.25, 0.3) is 0 Å². The van der Waals surface area contributed by atoms with Gasteiger partial charge in [0.15, 0.2) is 0 Å². The second-order valence-electron chi connectivity index (χ2n) is 5.96. The van der Waals surface area contributed by atoms with Crippen LogP contribution in [0.15, 0.2) is 18.2 Å². The number of nitriles is 1. The van der Waals surface area contributed by atoms with Crippen molar-refractivity contribution in [1.82, 2.24) is 10.6 Å². The van der Waals surface area contributed by atoms with E-state index in [0.717, 1.165) is 19.4 Å². The van der Waals surface area contributed by atoms with Crippen molar-refractivity contribution in [2.24, 2.45) is 0 Å². The van der Waals surface area contributed by atoms with E-state index >= 15 is 0 Å². The van der Waals surface area contributed by atoms with Gasteiger partial charge in [-0.05, 0) is 38.0 Å². The summed E-state index contributed by atoms with van der Waals surface area (Å²) in [7, 11) is 1.59. The number of amides is 2. The van der Waals surface area contributed by atoms with Crippen LogP contribution in [-0.2, 0) is 4.74 Å². The van der Waals surface area contributed by atoms with Crippen LogP contribution < -0.4 is 15.5 Å². The number of ether oxygens (including phenoxy) is 1. The van der Waals surface area contributed by atoms with Crippen molar-refractivity contribution in [3.05, 3.63) is 29.6 Å². The molecule has 0 aromatic heterocycles. The number of benzene rings is 1. The Morgan fingerprint density at radius 2 is 2.38 bits per heavy atom. The molecule has 2 atom stereocenters. The van der Waals surface area contributed by atoms with Gasteiger partial charge in [-0.2, -0.15) is 5.26 Å². The molecule has 1 heterocycles. The van der Waals surface area contributed by atoms with E-state index in [1.807, 2.05) is 17.9 Å². The first-order valence-electron chi connectivity index (χ1n) is 8.05. The Bertz CT molecular complexity index is 617. The van der Waals surface area contributed by atoms with Gasteiger partial charge in [0.25, 0.3) is 0 Å². The molecule has 1 fully saturated rings. The van der Waals surface area contributed by atoms with Gasteiger partial charge in [-0.3, -0.25) is 0 Å². The first kappa shape index (κ1) is 18.0. The van der Waals surface area contributed by atoms with Crippen LogP contribution in [-0.4, -0.2) is 44.9 Å². The van der Waals surface area contributed by atoms with Crippen LogP contribution >= 0.6 is 0 Å². The summed E-state index contributed by atoms with van der Waals surface area (Å²) in [5.74, 6) is -0.409. The van der Waals surface area contributed by atoms with Crippen molar-refractivity contribution >= 4 is 11.7 Å². The molecule has 1 aliphatic rings. The van der Waals surface area contributed by atoms with E-state index in [0.29, 0.717) is 24.3 Å². The number of carbonyl (C=O) groups excluding carboxylic acids is 1. The van der Waals surface area contributed by atoms with E-state index in [2.05, 4.69) is 10.6 Å². The second-order valence-corrected chi connectivity index (χ2v) is 5.96. The number of nitrogens with zero attached hydrogens (tertiary/aromatic N) is 2. The van der Waals surface area contributed by atoms with Gasteiger partial charge in [-0.1, -0.05) is 0 Å². The van der Waals surface area contributed by atoms with E-state index in [1.165, 1.54) is 6.07 Å². The normalized spacial score (nSPS) is 18.6. The maximum Gasteiger partial charge on any atom is 0.315 e. The monoisotopic (exact) mass is 334 g/mol. The third-order valence-electron chi connectivity index (χ3n) is 4.13. The fourth-order valence-corrected chi connectivity index (χ4v) is 2.70. The van der Waals surface area contributed by atoms with Crippen molar-refractivity contribution in [2.45, 2.75) is 31.9 Å². The number of nitrogens with one attached hydrogen (secondary N) is 2. The molecule has 1 aromatic rings. The molecule has 6 nitrogen and oxygen atoms in total. The fourth-order valence-electron chi connectivity index (χ4n) is 2.70. The average molecular weight is 334 g/mol. The quantitative estimate of drug-likeness (QED) is 0.863. The lowest BCUT2D eigenvalue weighted by atomic mass is 10.0. The maximum atomic E-state index is 14.2. The summed E-state index contributed by atoms with van der Waals surface area (Å²) in [6.45, 7) is 3.57. The highest BCUT2D eigenvalue weighted by Crippen LogP contribution is 2.24. The van der Waals surface area contributed by atoms with E-state index in [-0.39, 0.29) is 18.2 Å². The first-order chi connectivity index (χ1) is 11.5. The van der Waals surface area contributed by atoms with Crippen molar-refractivity contribution in [3.63, 3.8) is 0 Å². The Hall–Kier alpha value is -2.33. The second kappa shape index (κ2) is 8.50. The summed E-state index contributed by atoms with van der Waals surface area (Å²) >= 11 is 0. The number of carbonyl (C=O) groups is 1. The highest BCUT2D eigenvalue weighted by molar-refractivity contribution is 5.74. The van der Waals surface area contributed by atoms with Crippen LogP contribution in [0.5, 0.6) is 0 Å². The van der Waals surface area contributed by atoms with Gasteiger partial charge in [0.2, 0.25) is 0 Å². The standard InChI is InChI=1S/C17H23FN4O2/c1-12(24-2)10-20-17(23)21-14-4-3-7-22(11-14)16-6-5-13(9-19)8-15(16)18/h5-6,8,12,14H,3-4,7,10-11H2,1-2H3,(H2,20,21,23)/t12-,14-/m0/s1. The number of hydrogen-bond donors (Lipinski definition) is 2. The van der Waals surface area contributed by atoms with Gasteiger partial charge in [-0.25, -0.2) is 9.18 Å². The SMILES string of the molecule is CO[C@@H](C)CNC(=O)N[C@H]1CCCN(c2ccc(C#N)cc2F)C1. The maximum absolute atomic E-state index is 14.2. The average Bonchev–Trinajstić information content (AvgIpc) is 2.59. The molecule has 0 aliphatic carbocycles. The molecule has 1 saturated heterocycles. The zero-order valence-corrected chi connectivity index (χ0v) is 14.0. The molecule has 2 amide bonds. The van der Waals surface area contributed by atoms with Gasteiger partial charge in [0.1, 0.15) is 5.82 Å². The summed E-state index contributed by atoms with van der Waals surface area (Å²) in [6, 6.07) is 6.10. The van der Waals surface area contributed by atoms with Crippen LogP contribution in [0, 0.1) is 17.1 Å². The molecule has 0 bridgehead atoms. The molecule has 130 valence electrons. The topological polar surface area (TPSA) is 77.4 Å². The minimum atomic E-state index is -0.409. The number of rotatable bonds is 5. The Morgan fingerprint density at radius 1 is 1.58 bits per heavy atom. The van der Waals surface area contributed by atoms with Crippen molar-refractivity contribution in [3.8, 4) is 6.07 Å². The van der Waals surface area contributed by atoms with E-state index in [4.69, 9.17) is 10.00 Å². The minimum absolute atomic E-state index is 0.0494. The molecule has 7 heteroatoms. The van der Waals surface area contributed by atoms with E-state index in [1.54, 1.807) is 19.2 Å². The molecule has 0 saturated carbocycles. The summed E-state index contributed by atoms with van der Waals surface area (Å²) in [4.78, 5) is 13.8. The smallest absolute Gasteiger partial charge is 0.315 e. The van der Waals surface area contributed by atoms with Crippen LogP contribution in [0.1, 0.15) is 25.3 Å². The largest absolute Gasteiger partial charge is 0.380 e. The molecule has 2 rings (SSSR count). The number of hydrogen-bond acceptors (Lipinski definition) is 4. The lowest BCUT2D eigenvalue weighted by Crippen LogP contribution is -2.51. The number of anilines is 1. The molecule has 24 heavy (non-hydrogen) atoms. The molecular formula is C17H23FN4O2. The summed E-state index contributed by atoms with van der Waals surface area (Å²) in [5, 5.41) is 14.5. The lowest BCUT2D eigenvalue weighted by molar-refractivity contribution is 0.118. The predicted molar refractivity (Wildman–Crippen MR) is 89.4 cm³/mol. The lowest BCUT2D eigenvalue weighted by Gasteiger charge is -2.35. The summed E-state index contributed by atoms with van der Waals surface area (Å²) < 4.78 is 19.2. The Morgan fingerprint density at radius 3 is 3.04 bits per heavy atom. The number of methoxy groups -OCH3 is 1. The van der Waals surface area contributed by atoms with Crippen LogP contribution in [0.2, 0.25) is 0 Å². The van der Waals surface area contributed by atoms with Crippen molar-refractivity contribution < 1.29 is 13.9 Å². The van der Waals surface area contributed by atoms with Crippen LogP contribution in [0.3, 0.4) is 0 Å². The highest BCUT2D eigenvalue weighted by atomic mass is 19.1. The molecule has 0 unspecified atom stereocenters. The van der Waals surface area contributed by atoms with Gasteiger partial charge >= 0.3 is 6.03 Å². The Labute approximate surface area is 141 Å². The number of urea groups is 1. The molecule has 0 radical (unpaired) electrons. The predicted octanol–water partition coefficient (Wildman–Crippen LogP) is 2.00. The molecular weight excluding hydrogens is 311 g/mol. The van der Waals surface area contributed by atoms with E-state index < -0.39 is 5.82 Å². The Kier molecular flexibility index (Phi) is 6.38. The van der Waals surface area contributed by atoms with Crippen molar-refractivity contribution in [2.75, 3.05) is 31.6 Å². The highest BCUT2D eigenvalue weighted by Gasteiger charge is 2.23. The fraction of sp³-hybridized carbons (Fsp3) is 0.529. The van der Waals surface area contributed by atoms with Gasteiger partial charge in [-0.15, -0.1) is 0 Å². The third-order valence-corrected chi connectivity index (χ3v) is 4.13. The van der Waals surface area contributed by atoms with E-state index in [9.17, 15) is 9.18 Å². The van der Waals surface area contributed by atoms with Gasteiger partial charge in [0, 0.05) is 32.8 Å². The van der Waals surface area contributed by atoms with Gasteiger partial charge in [0.05, 0.1) is 23.4 Å². The van der Waals surface area contributed by atoms with Gasteiger partial charge < -0.3 is 20.3 Å². The van der Waals surface area contributed by atoms with Crippen molar-refractivity contribution in [1.29, 1.82) is 5.26 Å². The summed E-state index contributed by atoms with van der Waals surface area (Å²) in [5.41, 5.74) is 0.767. The number of piperidine rings is 1.